The van der Waals surface area contributed by atoms with Crippen LogP contribution < -0.4 is 10.6 Å². The van der Waals surface area contributed by atoms with Gasteiger partial charge in [0, 0.05) is 24.3 Å². The molecule has 1 fully saturated rings. The highest BCUT2D eigenvalue weighted by molar-refractivity contribution is 7.89. The Balaban J connectivity index is 1.50. The van der Waals surface area contributed by atoms with Crippen molar-refractivity contribution >= 4 is 33.4 Å². The lowest BCUT2D eigenvalue weighted by Gasteiger charge is -2.25. The first-order chi connectivity index (χ1) is 13.9. The fraction of sp³-hybridized carbons (Fsp3) is 0.250. The number of sulfonamides is 1. The van der Waals surface area contributed by atoms with Crippen LogP contribution in [0.25, 0.3) is 0 Å². The molecule has 0 aromatic heterocycles. The van der Waals surface area contributed by atoms with Gasteiger partial charge in [-0.1, -0.05) is 6.42 Å². The molecule has 0 spiro atoms. The number of rotatable bonds is 4. The number of fused-ring (bicyclic) bond motifs is 1. The van der Waals surface area contributed by atoms with Crippen LogP contribution in [-0.4, -0.2) is 43.5 Å². The second-order valence-corrected chi connectivity index (χ2v) is 8.92. The van der Waals surface area contributed by atoms with E-state index in [1.165, 1.54) is 46.8 Å². The summed E-state index contributed by atoms with van der Waals surface area (Å²) in [5, 5.41) is 4.85. The molecule has 2 aliphatic heterocycles. The summed E-state index contributed by atoms with van der Waals surface area (Å²) in [5.41, 5.74) is 1.11. The second-order valence-electron chi connectivity index (χ2n) is 6.99. The van der Waals surface area contributed by atoms with Crippen molar-refractivity contribution in [3.63, 3.8) is 0 Å². The van der Waals surface area contributed by atoms with Gasteiger partial charge in [0.1, 0.15) is 0 Å². The van der Waals surface area contributed by atoms with Gasteiger partial charge >= 0.3 is 0 Å². The monoisotopic (exact) mass is 413 g/mol. The number of nitrogens with one attached hydrogen (secondary N) is 2. The molecule has 0 unspecified atom stereocenters. The largest absolute Gasteiger partial charge is 0.322 e. The van der Waals surface area contributed by atoms with E-state index in [0.717, 1.165) is 19.3 Å². The van der Waals surface area contributed by atoms with E-state index in [9.17, 15) is 22.8 Å². The molecule has 2 aromatic carbocycles. The van der Waals surface area contributed by atoms with Crippen molar-refractivity contribution in [1.82, 2.24) is 9.62 Å². The third kappa shape index (κ3) is 3.66. The first kappa shape index (κ1) is 19.3. The van der Waals surface area contributed by atoms with Crippen molar-refractivity contribution < 1.29 is 22.8 Å². The van der Waals surface area contributed by atoms with Crippen LogP contribution in [0.4, 0.5) is 5.69 Å². The number of hydrogen-bond acceptors (Lipinski definition) is 5. The van der Waals surface area contributed by atoms with Crippen LogP contribution in [0.15, 0.2) is 47.4 Å². The Kier molecular flexibility index (Phi) is 4.93. The number of anilines is 1. The first-order valence-corrected chi connectivity index (χ1v) is 10.7. The summed E-state index contributed by atoms with van der Waals surface area (Å²) >= 11 is 0. The van der Waals surface area contributed by atoms with Gasteiger partial charge in [0.05, 0.1) is 16.0 Å². The molecule has 9 heteroatoms. The van der Waals surface area contributed by atoms with Crippen LogP contribution in [0.3, 0.4) is 0 Å². The molecule has 0 atom stereocenters. The fourth-order valence-electron chi connectivity index (χ4n) is 3.48. The third-order valence-corrected chi connectivity index (χ3v) is 6.98. The first-order valence-electron chi connectivity index (χ1n) is 9.27. The molecule has 0 bridgehead atoms. The summed E-state index contributed by atoms with van der Waals surface area (Å²) in [6.45, 7) is 1.03. The van der Waals surface area contributed by atoms with Crippen molar-refractivity contribution in [3.8, 4) is 0 Å². The van der Waals surface area contributed by atoms with Gasteiger partial charge < -0.3 is 5.32 Å². The van der Waals surface area contributed by atoms with Crippen LogP contribution in [-0.2, 0) is 10.0 Å². The van der Waals surface area contributed by atoms with Crippen LogP contribution in [0.1, 0.15) is 50.3 Å². The number of nitrogens with zero attached hydrogens (tertiary/aromatic N) is 1. The second kappa shape index (κ2) is 7.41. The van der Waals surface area contributed by atoms with Gasteiger partial charge in [0.25, 0.3) is 17.7 Å². The van der Waals surface area contributed by atoms with Gasteiger partial charge in [-0.3, -0.25) is 19.7 Å². The van der Waals surface area contributed by atoms with Crippen molar-refractivity contribution in [1.29, 1.82) is 0 Å². The topological polar surface area (TPSA) is 113 Å². The lowest BCUT2D eigenvalue weighted by atomic mass is 10.1. The molecule has 0 radical (unpaired) electrons. The number of benzene rings is 2. The van der Waals surface area contributed by atoms with Crippen LogP contribution in [0.2, 0.25) is 0 Å². The lowest BCUT2D eigenvalue weighted by molar-refractivity contribution is 0.0878. The van der Waals surface area contributed by atoms with Crippen molar-refractivity contribution in [2.45, 2.75) is 24.2 Å². The zero-order valence-corrected chi connectivity index (χ0v) is 16.3. The maximum Gasteiger partial charge on any atom is 0.259 e. The Morgan fingerprint density at radius 3 is 2.24 bits per heavy atom. The Morgan fingerprint density at radius 1 is 0.897 bits per heavy atom. The summed E-state index contributed by atoms with van der Waals surface area (Å²) in [7, 11) is -3.56. The highest BCUT2D eigenvalue weighted by Gasteiger charge is 2.27. The molecular formula is C20H19N3O5S. The van der Waals surface area contributed by atoms with Gasteiger partial charge in [0.15, 0.2) is 0 Å². The predicted molar refractivity (Wildman–Crippen MR) is 105 cm³/mol. The maximum atomic E-state index is 12.7. The molecule has 8 nitrogen and oxygen atoms in total. The summed E-state index contributed by atoms with van der Waals surface area (Å²) in [6.07, 6.45) is 2.73. The average Bonchev–Trinajstić information content (AvgIpc) is 3.02. The molecule has 2 aliphatic rings. The van der Waals surface area contributed by atoms with Gasteiger partial charge in [-0.2, -0.15) is 4.31 Å². The minimum atomic E-state index is -3.56. The molecule has 2 N–H and O–H groups in total. The molecule has 3 amide bonds. The van der Waals surface area contributed by atoms with E-state index in [-0.39, 0.29) is 21.6 Å². The van der Waals surface area contributed by atoms with E-state index in [1.54, 1.807) is 0 Å². The number of carbonyl (C=O) groups is 3. The zero-order valence-electron chi connectivity index (χ0n) is 15.5. The quantitative estimate of drug-likeness (QED) is 0.745. The van der Waals surface area contributed by atoms with Crippen molar-refractivity contribution in [3.05, 3.63) is 59.2 Å². The van der Waals surface area contributed by atoms with E-state index in [0.29, 0.717) is 18.8 Å². The van der Waals surface area contributed by atoms with Crippen LogP contribution >= 0.6 is 0 Å². The normalized spacial score (nSPS) is 17.0. The smallest absolute Gasteiger partial charge is 0.259 e. The molecule has 2 aromatic rings. The van der Waals surface area contributed by atoms with Crippen molar-refractivity contribution in [2.75, 3.05) is 18.4 Å². The molecule has 1 saturated heterocycles. The highest BCUT2D eigenvalue weighted by atomic mass is 32.2. The van der Waals surface area contributed by atoms with E-state index < -0.39 is 27.7 Å². The van der Waals surface area contributed by atoms with E-state index >= 15 is 0 Å². The third-order valence-electron chi connectivity index (χ3n) is 5.06. The Labute approximate surface area is 168 Å². The van der Waals surface area contributed by atoms with Crippen LogP contribution in [0, 0.1) is 0 Å². The molecule has 29 heavy (non-hydrogen) atoms. The highest BCUT2D eigenvalue weighted by Crippen LogP contribution is 2.23. The average molecular weight is 413 g/mol. The molecule has 4 rings (SSSR count). The minimum Gasteiger partial charge on any atom is -0.322 e. The molecular weight excluding hydrogens is 394 g/mol. The van der Waals surface area contributed by atoms with E-state index in [4.69, 9.17) is 0 Å². The lowest BCUT2D eigenvalue weighted by Crippen LogP contribution is -2.35. The Bertz CT molecular complexity index is 1100. The summed E-state index contributed by atoms with van der Waals surface area (Å²) < 4.78 is 26.8. The standard InChI is InChI=1S/C20H19N3O5S/c24-18(21-14-6-9-16-17(12-14)20(26)22-19(16)25)13-4-7-15(8-5-13)29(27,28)23-10-2-1-3-11-23/h4-9,12H,1-3,10-11H2,(H,21,24)(H,22,25,26). The van der Waals surface area contributed by atoms with E-state index in [1.807, 2.05) is 0 Å². The molecule has 2 heterocycles. The molecule has 150 valence electrons. The number of carbonyl (C=O) groups excluding carboxylic acids is 3. The van der Waals surface area contributed by atoms with Gasteiger partial charge in [-0.05, 0) is 55.3 Å². The summed E-state index contributed by atoms with van der Waals surface area (Å²) in [5.74, 6) is -1.42. The number of amides is 3. The summed E-state index contributed by atoms with van der Waals surface area (Å²) in [6, 6.07) is 10.2. The number of piperidine rings is 1. The molecule has 0 saturated carbocycles. The predicted octanol–water partition coefficient (Wildman–Crippen LogP) is 2.00. The van der Waals surface area contributed by atoms with E-state index in [2.05, 4.69) is 10.6 Å². The minimum absolute atomic E-state index is 0.156. The zero-order chi connectivity index (χ0) is 20.6. The molecule has 0 aliphatic carbocycles. The maximum absolute atomic E-state index is 12.7. The fourth-order valence-corrected chi connectivity index (χ4v) is 5.00. The van der Waals surface area contributed by atoms with Gasteiger partial charge in [-0.15, -0.1) is 0 Å². The Hall–Kier alpha value is -3.04. The Morgan fingerprint density at radius 2 is 1.55 bits per heavy atom. The SMILES string of the molecule is O=C(Nc1ccc2c(c1)C(=O)NC2=O)c1ccc(S(=O)(=O)N2CCCCC2)cc1. The summed E-state index contributed by atoms with van der Waals surface area (Å²) in [4.78, 5) is 36.0. The number of hydrogen-bond donors (Lipinski definition) is 2. The van der Waals surface area contributed by atoms with Gasteiger partial charge in [0.2, 0.25) is 10.0 Å². The number of imide groups is 1. The van der Waals surface area contributed by atoms with Crippen molar-refractivity contribution in [2.24, 2.45) is 0 Å². The van der Waals surface area contributed by atoms with Crippen LogP contribution in [0.5, 0.6) is 0 Å². The van der Waals surface area contributed by atoms with Gasteiger partial charge in [-0.25, -0.2) is 8.42 Å².